The summed E-state index contributed by atoms with van der Waals surface area (Å²) in [6.45, 7) is 10.6. The molecule has 0 saturated carbocycles. The Labute approximate surface area is 163 Å². The van der Waals surface area contributed by atoms with Gasteiger partial charge >= 0.3 is 6.09 Å². The molecule has 27 heavy (non-hydrogen) atoms. The number of rotatable bonds is 9. The quantitative estimate of drug-likeness (QED) is 0.643. The van der Waals surface area contributed by atoms with Crippen LogP contribution in [0.1, 0.15) is 38.3 Å². The molecule has 2 aromatic rings. The Morgan fingerprint density at radius 3 is 2.15 bits per heavy atom. The molecule has 0 bridgehead atoms. The molecule has 0 aliphatic rings. The topological polar surface area (TPSA) is 41.6 Å². The summed E-state index contributed by atoms with van der Waals surface area (Å²) >= 11 is 0. The number of benzene rings is 2. The maximum atomic E-state index is 11.8. The molecule has 0 unspecified atom stereocenters. The lowest BCUT2D eigenvalue weighted by molar-refractivity contribution is 0.138. The van der Waals surface area contributed by atoms with Crippen LogP contribution in [0.2, 0.25) is 0 Å². The van der Waals surface area contributed by atoms with Gasteiger partial charge in [0, 0.05) is 26.2 Å². The molecule has 0 radical (unpaired) electrons. The third-order valence-corrected chi connectivity index (χ3v) is 4.08. The molecule has 1 N–H and O–H groups in total. The first kappa shape index (κ1) is 21.0. The highest BCUT2D eigenvalue weighted by atomic mass is 16.5. The lowest BCUT2D eigenvalue weighted by Crippen LogP contribution is -2.35. The lowest BCUT2D eigenvalue weighted by atomic mass is 9.95. The normalized spacial score (nSPS) is 11.4. The SMILES string of the molecule is CC(C)(C)CN(CCCNC(=O)OCc1ccccc1)Cc1ccccc1. The van der Waals surface area contributed by atoms with Crippen molar-refractivity contribution in [2.24, 2.45) is 5.41 Å². The van der Waals surface area contributed by atoms with E-state index in [2.05, 4.69) is 55.3 Å². The summed E-state index contributed by atoms with van der Waals surface area (Å²) in [7, 11) is 0. The second kappa shape index (κ2) is 10.7. The van der Waals surface area contributed by atoms with E-state index in [1.165, 1.54) is 5.56 Å². The minimum Gasteiger partial charge on any atom is -0.445 e. The molecule has 2 aromatic carbocycles. The Morgan fingerprint density at radius 2 is 1.56 bits per heavy atom. The van der Waals surface area contributed by atoms with E-state index < -0.39 is 0 Å². The standard InChI is InChI=1S/C23H32N2O2/c1-23(2,3)19-25(17-20-11-6-4-7-12-20)16-10-15-24-22(26)27-18-21-13-8-5-9-14-21/h4-9,11-14H,10,15-19H2,1-3H3,(H,24,26). The third-order valence-electron chi connectivity index (χ3n) is 4.08. The first-order valence-corrected chi connectivity index (χ1v) is 9.63. The van der Waals surface area contributed by atoms with Crippen molar-refractivity contribution in [3.8, 4) is 0 Å². The van der Waals surface area contributed by atoms with Gasteiger partial charge in [0.25, 0.3) is 0 Å². The summed E-state index contributed by atoms with van der Waals surface area (Å²) in [6, 6.07) is 20.2. The number of amides is 1. The number of nitrogens with zero attached hydrogens (tertiary/aromatic N) is 1. The van der Waals surface area contributed by atoms with E-state index >= 15 is 0 Å². The van der Waals surface area contributed by atoms with Gasteiger partial charge in [-0.15, -0.1) is 0 Å². The van der Waals surface area contributed by atoms with Gasteiger partial charge in [0.1, 0.15) is 6.61 Å². The van der Waals surface area contributed by atoms with Crippen LogP contribution in [0.4, 0.5) is 4.79 Å². The summed E-state index contributed by atoms with van der Waals surface area (Å²) in [4.78, 5) is 14.3. The number of nitrogens with one attached hydrogen (secondary N) is 1. The first-order valence-electron chi connectivity index (χ1n) is 9.63. The van der Waals surface area contributed by atoms with Gasteiger partial charge in [-0.25, -0.2) is 4.79 Å². The maximum Gasteiger partial charge on any atom is 0.407 e. The Morgan fingerprint density at radius 1 is 0.963 bits per heavy atom. The number of carbonyl (C=O) groups is 1. The van der Waals surface area contributed by atoms with E-state index in [1.807, 2.05) is 36.4 Å². The van der Waals surface area contributed by atoms with Crippen molar-refractivity contribution in [2.75, 3.05) is 19.6 Å². The van der Waals surface area contributed by atoms with Gasteiger partial charge in [-0.3, -0.25) is 4.90 Å². The molecule has 0 aliphatic carbocycles. The van der Waals surface area contributed by atoms with Crippen LogP contribution >= 0.6 is 0 Å². The lowest BCUT2D eigenvalue weighted by Gasteiger charge is -2.30. The predicted molar refractivity (Wildman–Crippen MR) is 110 cm³/mol. The van der Waals surface area contributed by atoms with E-state index in [-0.39, 0.29) is 11.5 Å². The molecule has 0 atom stereocenters. The third kappa shape index (κ3) is 9.25. The molecule has 1 amide bonds. The van der Waals surface area contributed by atoms with Crippen molar-refractivity contribution >= 4 is 6.09 Å². The molecule has 0 aromatic heterocycles. The summed E-state index contributed by atoms with van der Waals surface area (Å²) in [6.07, 6.45) is 0.535. The first-order chi connectivity index (χ1) is 12.9. The smallest absolute Gasteiger partial charge is 0.407 e. The zero-order valence-corrected chi connectivity index (χ0v) is 16.8. The highest BCUT2D eigenvalue weighted by Gasteiger charge is 2.16. The van der Waals surface area contributed by atoms with Gasteiger partial charge in [0.05, 0.1) is 0 Å². The molecule has 4 heteroatoms. The average molecular weight is 369 g/mol. The average Bonchev–Trinajstić information content (AvgIpc) is 2.64. The second-order valence-electron chi connectivity index (χ2n) is 8.10. The van der Waals surface area contributed by atoms with E-state index in [0.717, 1.165) is 31.6 Å². The molecule has 0 spiro atoms. The van der Waals surface area contributed by atoms with Gasteiger partial charge < -0.3 is 10.1 Å². The van der Waals surface area contributed by atoms with Crippen LogP contribution < -0.4 is 5.32 Å². The molecular formula is C23H32N2O2. The Balaban J connectivity index is 1.71. The van der Waals surface area contributed by atoms with E-state index in [9.17, 15) is 4.79 Å². The molecule has 2 rings (SSSR count). The van der Waals surface area contributed by atoms with E-state index in [0.29, 0.717) is 13.2 Å². The molecule has 0 saturated heterocycles. The molecule has 0 heterocycles. The highest BCUT2D eigenvalue weighted by Crippen LogP contribution is 2.17. The molecule has 0 fully saturated rings. The Kier molecular flexibility index (Phi) is 8.34. The van der Waals surface area contributed by atoms with Crippen molar-refractivity contribution in [2.45, 2.75) is 40.3 Å². The zero-order chi connectivity index (χ0) is 19.5. The Hall–Kier alpha value is -2.33. The van der Waals surface area contributed by atoms with Crippen LogP contribution in [0.3, 0.4) is 0 Å². The summed E-state index contributed by atoms with van der Waals surface area (Å²) in [5.41, 5.74) is 2.54. The number of hydrogen-bond acceptors (Lipinski definition) is 3. The molecule has 4 nitrogen and oxygen atoms in total. The van der Waals surface area contributed by atoms with Crippen LogP contribution in [0.25, 0.3) is 0 Å². The molecular weight excluding hydrogens is 336 g/mol. The number of ether oxygens (including phenoxy) is 1. The van der Waals surface area contributed by atoms with Crippen LogP contribution in [0, 0.1) is 5.41 Å². The summed E-state index contributed by atoms with van der Waals surface area (Å²) in [5, 5.41) is 2.85. The Bertz CT molecular complexity index is 666. The zero-order valence-electron chi connectivity index (χ0n) is 16.8. The van der Waals surface area contributed by atoms with Crippen molar-refractivity contribution in [1.82, 2.24) is 10.2 Å². The summed E-state index contributed by atoms with van der Waals surface area (Å²) < 4.78 is 5.25. The molecule has 0 aliphatic heterocycles. The van der Waals surface area contributed by atoms with Crippen molar-refractivity contribution in [3.05, 3.63) is 71.8 Å². The highest BCUT2D eigenvalue weighted by molar-refractivity contribution is 5.67. The molecule has 146 valence electrons. The van der Waals surface area contributed by atoms with Crippen molar-refractivity contribution in [1.29, 1.82) is 0 Å². The fourth-order valence-corrected chi connectivity index (χ4v) is 2.99. The van der Waals surface area contributed by atoms with Gasteiger partial charge in [-0.1, -0.05) is 81.4 Å². The maximum absolute atomic E-state index is 11.8. The van der Waals surface area contributed by atoms with E-state index in [1.54, 1.807) is 0 Å². The van der Waals surface area contributed by atoms with Gasteiger partial charge in [-0.05, 0) is 23.0 Å². The van der Waals surface area contributed by atoms with Crippen molar-refractivity contribution in [3.63, 3.8) is 0 Å². The number of alkyl carbamates (subject to hydrolysis) is 1. The van der Waals surface area contributed by atoms with Crippen LogP contribution in [-0.4, -0.2) is 30.6 Å². The van der Waals surface area contributed by atoms with Crippen LogP contribution in [-0.2, 0) is 17.9 Å². The predicted octanol–water partition coefficient (Wildman–Crippen LogP) is 4.85. The van der Waals surface area contributed by atoms with E-state index in [4.69, 9.17) is 4.74 Å². The fraction of sp³-hybridized carbons (Fsp3) is 0.435. The van der Waals surface area contributed by atoms with Gasteiger partial charge in [0.2, 0.25) is 0 Å². The largest absolute Gasteiger partial charge is 0.445 e. The number of carbonyl (C=O) groups excluding carboxylic acids is 1. The minimum absolute atomic E-state index is 0.233. The van der Waals surface area contributed by atoms with Crippen LogP contribution in [0.15, 0.2) is 60.7 Å². The van der Waals surface area contributed by atoms with Crippen molar-refractivity contribution < 1.29 is 9.53 Å². The second-order valence-corrected chi connectivity index (χ2v) is 8.10. The monoisotopic (exact) mass is 368 g/mol. The van der Waals surface area contributed by atoms with Crippen LogP contribution in [0.5, 0.6) is 0 Å². The van der Waals surface area contributed by atoms with Gasteiger partial charge in [0.15, 0.2) is 0 Å². The minimum atomic E-state index is -0.357. The summed E-state index contributed by atoms with van der Waals surface area (Å²) in [5.74, 6) is 0. The van der Waals surface area contributed by atoms with Gasteiger partial charge in [-0.2, -0.15) is 0 Å². The number of hydrogen-bond donors (Lipinski definition) is 1. The fourth-order valence-electron chi connectivity index (χ4n) is 2.99.